The molecule has 0 bridgehead atoms. The van der Waals surface area contributed by atoms with Crippen molar-refractivity contribution in [2.24, 2.45) is 0 Å². The van der Waals surface area contributed by atoms with Gasteiger partial charge in [-0.25, -0.2) is 8.42 Å². The topological polar surface area (TPSA) is 96.0 Å². The summed E-state index contributed by atoms with van der Waals surface area (Å²) in [5.41, 5.74) is 1.85. The van der Waals surface area contributed by atoms with E-state index in [0.29, 0.717) is 10.8 Å². The van der Waals surface area contributed by atoms with Gasteiger partial charge in [-0.15, -0.1) is 0 Å². The van der Waals surface area contributed by atoms with Crippen molar-refractivity contribution in [3.63, 3.8) is 0 Å². The maximum absolute atomic E-state index is 13.7. The van der Waals surface area contributed by atoms with Gasteiger partial charge in [0.05, 0.1) is 17.7 Å². The summed E-state index contributed by atoms with van der Waals surface area (Å²) >= 11 is 6.17. The summed E-state index contributed by atoms with van der Waals surface area (Å²) in [4.78, 5) is 27.7. The van der Waals surface area contributed by atoms with Crippen molar-refractivity contribution >= 4 is 39.1 Å². The number of likely N-dealkylation sites (N-methyl/N-ethyl adjacent to an activating group) is 1. The van der Waals surface area contributed by atoms with E-state index in [1.54, 1.807) is 61.5 Å². The predicted molar refractivity (Wildman–Crippen MR) is 144 cm³/mol. The number of sulfonamides is 1. The van der Waals surface area contributed by atoms with E-state index in [1.807, 2.05) is 6.92 Å². The van der Waals surface area contributed by atoms with E-state index in [9.17, 15) is 18.0 Å². The molecule has 0 aliphatic carbocycles. The minimum Gasteiger partial charge on any atom is -0.497 e. The number of carbonyl (C=O) groups is 2. The van der Waals surface area contributed by atoms with Crippen molar-refractivity contribution in [2.75, 3.05) is 25.0 Å². The molecule has 37 heavy (non-hydrogen) atoms. The van der Waals surface area contributed by atoms with Crippen LogP contribution in [0, 0.1) is 6.92 Å². The zero-order valence-electron chi connectivity index (χ0n) is 21.1. The predicted octanol–water partition coefficient (Wildman–Crippen LogP) is 4.02. The molecule has 3 aromatic carbocycles. The van der Waals surface area contributed by atoms with Crippen molar-refractivity contribution in [1.82, 2.24) is 10.2 Å². The fourth-order valence-corrected chi connectivity index (χ4v) is 5.35. The Balaban J connectivity index is 2.03. The van der Waals surface area contributed by atoms with Crippen LogP contribution in [-0.2, 0) is 26.2 Å². The number of benzene rings is 3. The lowest BCUT2D eigenvalue weighted by atomic mass is 10.1. The van der Waals surface area contributed by atoms with Crippen molar-refractivity contribution in [3.05, 3.63) is 88.9 Å². The van der Waals surface area contributed by atoms with Gasteiger partial charge in [-0.3, -0.25) is 13.9 Å². The third kappa shape index (κ3) is 6.81. The van der Waals surface area contributed by atoms with Gasteiger partial charge in [0.2, 0.25) is 11.8 Å². The zero-order chi connectivity index (χ0) is 27.2. The Morgan fingerprint density at radius 2 is 1.70 bits per heavy atom. The molecule has 8 nitrogen and oxygen atoms in total. The summed E-state index contributed by atoms with van der Waals surface area (Å²) in [7, 11) is -1.13. The molecule has 196 valence electrons. The Labute approximate surface area is 222 Å². The number of anilines is 1. The first-order chi connectivity index (χ1) is 17.6. The molecule has 1 unspecified atom stereocenters. The van der Waals surface area contributed by atoms with Crippen molar-refractivity contribution in [2.45, 2.75) is 31.3 Å². The van der Waals surface area contributed by atoms with Crippen LogP contribution >= 0.6 is 11.6 Å². The van der Waals surface area contributed by atoms with Crippen LogP contribution in [0.1, 0.15) is 18.1 Å². The molecule has 0 heterocycles. The molecular formula is C27H30ClN3O5S. The highest BCUT2D eigenvalue weighted by Gasteiger charge is 2.32. The number of methoxy groups -OCH3 is 1. The highest BCUT2D eigenvalue weighted by molar-refractivity contribution is 7.92. The maximum Gasteiger partial charge on any atom is 0.264 e. The summed E-state index contributed by atoms with van der Waals surface area (Å²) in [6, 6.07) is 18.9. The normalized spacial score (nSPS) is 11.9. The highest BCUT2D eigenvalue weighted by atomic mass is 35.5. The number of nitrogens with one attached hydrogen (secondary N) is 1. The van der Waals surface area contributed by atoms with Gasteiger partial charge in [0.25, 0.3) is 10.0 Å². The maximum atomic E-state index is 13.7. The lowest BCUT2D eigenvalue weighted by molar-refractivity contribution is -0.139. The molecule has 0 radical (unpaired) electrons. The number of carbonyl (C=O) groups excluding carboxylic acids is 2. The number of rotatable bonds is 10. The lowest BCUT2D eigenvalue weighted by Gasteiger charge is -2.32. The van der Waals surface area contributed by atoms with Gasteiger partial charge >= 0.3 is 0 Å². The molecule has 0 saturated heterocycles. The first kappa shape index (κ1) is 28.0. The Bertz CT molecular complexity index is 1360. The third-order valence-corrected chi connectivity index (χ3v) is 7.91. The number of halogens is 1. The van der Waals surface area contributed by atoms with Gasteiger partial charge in [0.1, 0.15) is 18.3 Å². The molecule has 0 spiro atoms. The van der Waals surface area contributed by atoms with E-state index in [0.717, 1.165) is 15.4 Å². The van der Waals surface area contributed by atoms with Crippen LogP contribution in [0.5, 0.6) is 5.75 Å². The van der Waals surface area contributed by atoms with Gasteiger partial charge in [-0.1, -0.05) is 47.5 Å². The fourth-order valence-electron chi connectivity index (χ4n) is 3.76. The molecule has 3 rings (SSSR count). The molecule has 0 fully saturated rings. The summed E-state index contributed by atoms with van der Waals surface area (Å²) < 4.78 is 33.8. The van der Waals surface area contributed by atoms with Crippen LogP contribution in [0.3, 0.4) is 0 Å². The smallest absolute Gasteiger partial charge is 0.264 e. The standard InChI is InChI=1S/C27H30ClN3O5S/c1-19-11-13-25(14-12-19)37(34,35)31(23-9-6-8-22(28)16-23)18-26(32)30(20(2)27(33)29-3)17-21-7-5-10-24(15-21)36-4/h5-16,20H,17-18H2,1-4H3,(H,29,33). The fraction of sp³-hybridized carbons (Fsp3) is 0.259. The SMILES string of the molecule is CNC(=O)C(C)N(Cc1cccc(OC)c1)C(=O)CN(c1cccc(Cl)c1)S(=O)(=O)c1ccc(C)cc1. The molecule has 1 atom stereocenters. The van der Waals surface area contributed by atoms with Gasteiger partial charge < -0.3 is 15.0 Å². The molecule has 10 heteroatoms. The second-order valence-electron chi connectivity index (χ2n) is 8.47. The summed E-state index contributed by atoms with van der Waals surface area (Å²) in [5.74, 6) is -0.346. The number of aryl methyl sites for hydroxylation is 1. The van der Waals surface area contributed by atoms with E-state index in [1.165, 1.54) is 37.3 Å². The second-order valence-corrected chi connectivity index (χ2v) is 10.8. The quantitative estimate of drug-likeness (QED) is 0.417. The Morgan fingerprint density at radius 3 is 2.32 bits per heavy atom. The summed E-state index contributed by atoms with van der Waals surface area (Å²) in [6.07, 6.45) is 0. The van der Waals surface area contributed by atoms with Crippen molar-refractivity contribution < 1.29 is 22.7 Å². The third-order valence-electron chi connectivity index (χ3n) is 5.88. The van der Waals surface area contributed by atoms with E-state index >= 15 is 0 Å². The number of hydrogen-bond donors (Lipinski definition) is 1. The molecule has 0 aliphatic heterocycles. The van der Waals surface area contributed by atoms with Crippen LogP contribution in [0.15, 0.2) is 77.7 Å². The van der Waals surface area contributed by atoms with Crippen LogP contribution in [0.25, 0.3) is 0 Å². The first-order valence-corrected chi connectivity index (χ1v) is 13.4. The molecule has 0 aliphatic rings. The second kappa shape index (κ2) is 12.1. The highest BCUT2D eigenvalue weighted by Crippen LogP contribution is 2.27. The number of hydrogen-bond acceptors (Lipinski definition) is 5. The summed E-state index contributed by atoms with van der Waals surface area (Å²) in [6.45, 7) is 2.97. The van der Waals surface area contributed by atoms with Crippen LogP contribution in [0.4, 0.5) is 5.69 Å². The molecule has 0 aromatic heterocycles. The number of nitrogens with zero attached hydrogens (tertiary/aromatic N) is 2. The van der Waals surface area contributed by atoms with Crippen LogP contribution in [0.2, 0.25) is 5.02 Å². The van der Waals surface area contributed by atoms with Gasteiger partial charge in [0.15, 0.2) is 0 Å². The Morgan fingerprint density at radius 1 is 1.03 bits per heavy atom. The van der Waals surface area contributed by atoms with E-state index in [2.05, 4.69) is 5.32 Å². The molecule has 2 amide bonds. The number of ether oxygens (including phenoxy) is 1. The van der Waals surface area contributed by atoms with E-state index < -0.39 is 28.5 Å². The number of amides is 2. The average molecular weight is 544 g/mol. The monoisotopic (exact) mass is 543 g/mol. The minimum atomic E-state index is -4.14. The molecule has 3 aromatic rings. The zero-order valence-corrected chi connectivity index (χ0v) is 22.7. The molecule has 1 N–H and O–H groups in total. The van der Waals surface area contributed by atoms with Crippen LogP contribution < -0.4 is 14.4 Å². The first-order valence-electron chi connectivity index (χ1n) is 11.6. The van der Waals surface area contributed by atoms with Crippen molar-refractivity contribution in [3.8, 4) is 5.75 Å². The Kier molecular flexibility index (Phi) is 9.18. The average Bonchev–Trinajstić information content (AvgIpc) is 2.89. The minimum absolute atomic E-state index is 0.0320. The largest absolute Gasteiger partial charge is 0.497 e. The lowest BCUT2D eigenvalue weighted by Crippen LogP contribution is -2.50. The van der Waals surface area contributed by atoms with Crippen LogP contribution in [-0.4, -0.2) is 51.9 Å². The molecular weight excluding hydrogens is 514 g/mol. The van der Waals surface area contributed by atoms with Crippen molar-refractivity contribution in [1.29, 1.82) is 0 Å². The van der Waals surface area contributed by atoms with Gasteiger partial charge in [-0.2, -0.15) is 0 Å². The van der Waals surface area contributed by atoms with E-state index in [4.69, 9.17) is 16.3 Å². The van der Waals surface area contributed by atoms with Gasteiger partial charge in [-0.05, 0) is 61.9 Å². The Hall–Kier alpha value is -3.56. The van der Waals surface area contributed by atoms with E-state index in [-0.39, 0.29) is 23.0 Å². The van der Waals surface area contributed by atoms with Gasteiger partial charge in [0, 0.05) is 18.6 Å². The summed E-state index contributed by atoms with van der Waals surface area (Å²) in [5, 5.41) is 2.88. The molecule has 0 saturated carbocycles.